The normalized spacial score (nSPS) is 16.6. The molecular weight excluding hydrogens is 434 g/mol. The molecule has 1 aromatic carbocycles. The minimum atomic E-state index is -0.493. The highest BCUT2D eigenvalue weighted by molar-refractivity contribution is 5.95. The molecule has 5 N–H and O–H groups in total. The number of hydrogen-bond donors (Lipinski definition) is 4. The first kappa shape index (κ1) is 22.1. The first-order valence-corrected chi connectivity index (χ1v) is 11.7. The molecule has 34 heavy (non-hydrogen) atoms. The van der Waals surface area contributed by atoms with Gasteiger partial charge in [-0.15, -0.1) is 0 Å². The van der Waals surface area contributed by atoms with Crippen molar-refractivity contribution in [1.29, 1.82) is 0 Å². The molecule has 0 unspecified atom stereocenters. The van der Waals surface area contributed by atoms with Crippen LogP contribution in [0.2, 0.25) is 0 Å². The fourth-order valence-corrected chi connectivity index (χ4v) is 4.58. The topological polar surface area (TPSA) is 143 Å². The lowest BCUT2D eigenvalue weighted by Gasteiger charge is -2.27. The van der Waals surface area contributed by atoms with Gasteiger partial charge in [-0.25, -0.2) is 4.98 Å². The van der Waals surface area contributed by atoms with E-state index in [4.69, 9.17) is 5.73 Å². The molecule has 3 aromatic rings. The highest BCUT2D eigenvalue weighted by Gasteiger charge is 2.22. The number of nitrogens with zero attached hydrogens (tertiary/aromatic N) is 5. The molecule has 3 heterocycles. The first-order valence-electron chi connectivity index (χ1n) is 11.7. The zero-order valence-electron chi connectivity index (χ0n) is 19.0. The fourth-order valence-electron chi connectivity index (χ4n) is 4.58. The predicted octanol–water partition coefficient (Wildman–Crippen LogP) is 1.63. The summed E-state index contributed by atoms with van der Waals surface area (Å²) in [6, 6.07) is 7.69. The van der Waals surface area contributed by atoms with Crippen LogP contribution >= 0.6 is 0 Å². The summed E-state index contributed by atoms with van der Waals surface area (Å²) < 4.78 is 2.10. The standard InChI is InChI=1S/C23H29N9O2/c24-18(33)13-26-23-29-20(19-21(30-23)32(14-27-19)17-3-1-2-4-17)28-16-7-5-15(6-8-16)22(34)31-11-9-25-10-12-31/h5-8,14,17,25H,1-4,9-13H2,(H2,24,33)(H2,26,28,29,30). The molecule has 1 aliphatic heterocycles. The van der Waals surface area contributed by atoms with Crippen molar-refractivity contribution >= 4 is 40.4 Å². The molecule has 2 aromatic heterocycles. The van der Waals surface area contributed by atoms with Gasteiger partial charge in [0, 0.05) is 43.5 Å². The van der Waals surface area contributed by atoms with E-state index in [9.17, 15) is 9.59 Å². The lowest BCUT2D eigenvalue weighted by atomic mass is 10.1. The van der Waals surface area contributed by atoms with Crippen LogP contribution in [0.3, 0.4) is 0 Å². The highest BCUT2D eigenvalue weighted by atomic mass is 16.2. The van der Waals surface area contributed by atoms with Gasteiger partial charge in [0.2, 0.25) is 11.9 Å². The second-order valence-corrected chi connectivity index (χ2v) is 8.72. The van der Waals surface area contributed by atoms with Gasteiger partial charge in [0.15, 0.2) is 17.0 Å². The molecule has 11 nitrogen and oxygen atoms in total. The Hall–Kier alpha value is -3.73. The van der Waals surface area contributed by atoms with Crippen LogP contribution in [0, 0.1) is 0 Å². The Kier molecular flexibility index (Phi) is 6.26. The number of primary amides is 1. The van der Waals surface area contributed by atoms with Crippen LogP contribution in [0.15, 0.2) is 30.6 Å². The summed E-state index contributed by atoms with van der Waals surface area (Å²) in [6.07, 6.45) is 6.36. The number of fused-ring (bicyclic) bond motifs is 1. The average Bonchev–Trinajstić information content (AvgIpc) is 3.53. The van der Waals surface area contributed by atoms with Crippen LogP contribution < -0.4 is 21.7 Å². The van der Waals surface area contributed by atoms with Crippen molar-refractivity contribution in [3.8, 4) is 0 Å². The van der Waals surface area contributed by atoms with E-state index in [0.29, 0.717) is 47.6 Å². The van der Waals surface area contributed by atoms with Crippen LogP contribution in [0.1, 0.15) is 42.1 Å². The van der Waals surface area contributed by atoms with E-state index >= 15 is 0 Å². The van der Waals surface area contributed by atoms with Gasteiger partial charge in [0.25, 0.3) is 5.91 Å². The molecule has 178 valence electrons. The molecule has 2 fully saturated rings. The minimum absolute atomic E-state index is 0.0331. The molecule has 2 aliphatic rings. The second-order valence-electron chi connectivity index (χ2n) is 8.72. The average molecular weight is 464 g/mol. The van der Waals surface area contributed by atoms with Crippen LogP contribution in [0.25, 0.3) is 11.2 Å². The van der Waals surface area contributed by atoms with Crippen molar-refractivity contribution in [3.05, 3.63) is 36.2 Å². The van der Waals surface area contributed by atoms with Gasteiger partial charge in [-0.1, -0.05) is 12.8 Å². The van der Waals surface area contributed by atoms with Crippen LogP contribution in [0.5, 0.6) is 0 Å². The fraction of sp³-hybridized carbons (Fsp3) is 0.435. The number of carbonyl (C=O) groups is 2. The summed E-state index contributed by atoms with van der Waals surface area (Å²) in [6.45, 7) is 2.99. The first-order chi connectivity index (χ1) is 16.6. The number of carbonyl (C=O) groups excluding carboxylic acids is 2. The number of imidazole rings is 1. The minimum Gasteiger partial charge on any atom is -0.368 e. The Morgan fingerprint density at radius 1 is 1.09 bits per heavy atom. The number of hydrogen-bond acceptors (Lipinski definition) is 8. The van der Waals surface area contributed by atoms with E-state index in [0.717, 1.165) is 31.6 Å². The molecule has 1 saturated heterocycles. The molecular formula is C23H29N9O2. The number of aromatic nitrogens is 4. The van der Waals surface area contributed by atoms with Crippen molar-refractivity contribution in [3.63, 3.8) is 0 Å². The Labute approximate surface area is 197 Å². The van der Waals surface area contributed by atoms with Crippen LogP contribution in [-0.4, -0.2) is 69.0 Å². The van der Waals surface area contributed by atoms with Gasteiger partial charge >= 0.3 is 0 Å². The third-order valence-electron chi connectivity index (χ3n) is 6.36. The van der Waals surface area contributed by atoms with E-state index in [1.54, 1.807) is 0 Å². The smallest absolute Gasteiger partial charge is 0.253 e. The summed E-state index contributed by atoms with van der Waals surface area (Å²) in [5, 5.41) is 9.46. The van der Waals surface area contributed by atoms with E-state index in [1.807, 2.05) is 35.5 Å². The molecule has 11 heteroatoms. The zero-order chi connectivity index (χ0) is 23.5. The second kappa shape index (κ2) is 9.64. The Morgan fingerprint density at radius 3 is 2.53 bits per heavy atom. The van der Waals surface area contributed by atoms with Gasteiger partial charge < -0.3 is 31.2 Å². The molecule has 1 saturated carbocycles. The van der Waals surface area contributed by atoms with Crippen molar-refractivity contribution in [1.82, 2.24) is 29.7 Å². The van der Waals surface area contributed by atoms with Crippen molar-refractivity contribution in [2.75, 3.05) is 43.4 Å². The Morgan fingerprint density at radius 2 is 1.82 bits per heavy atom. The number of nitrogens with one attached hydrogen (secondary N) is 3. The Bertz CT molecular complexity index is 1180. The van der Waals surface area contributed by atoms with Gasteiger partial charge in [0.1, 0.15) is 0 Å². The summed E-state index contributed by atoms with van der Waals surface area (Å²) in [5.41, 5.74) is 8.07. The number of anilines is 3. The van der Waals surface area contributed by atoms with Crippen molar-refractivity contribution in [2.45, 2.75) is 31.7 Å². The highest BCUT2D eigenvalue weighted by Crippen LogP contribution is 2.33. The molecule has 2 amide bonds. The lowest BCUT2D eigenvalue weighted by Crippen LogP contribution is -2.46. The lowest BCUT2D eigenvalue weighted by molar-refractivity contribution is -0.116. The van der Waals surface area contributed by atoms with Crippen LogP contribution in [-0.2, 0) is 4.79 Å². The molecule has 0 spiro atoms. The molecule has 5 rings (SSSR count). The van der Waals surface area contributed by atoms with Gasteiger partial charge in [-0.2, -0.15) is 9.97 Å². The summed E-state index contributed by atoms with van der Waals surface area (Å²) in [4.78, 5) is 39.6. The van der Waals surface area contributed by atoms with Crippen LogP contribution in [0.4, 0.5) is 17.5 Å². The van der Waals surface area contributed by atoms with Gasteiger partial charge in [-0.3, -0.25) is 9.59 Å². The molecule has 1 aliphatic carbocycles. The Balaban J connectivity index is 1.41. The molecule has 0 bridgehead atoms. The van der Waals surface area contributed by atoms with E-state index < -0.39 is 5.91 Å². The van der Waals surface area contributed by atoms with Crippen molar-refractivity contribution < 1.29 is 9.59 Å². The number of nitrogens with two attached hydrogens (primary N) is 1. The van der Waals surface area contributed by atoms with Gasteiger partial charge in [-0.05, 0) is 37.1 Å². The van der Waals surface area contributed by atoms with Gasteiger partial charge in [0.05, 0.1) is 12.9 Å². The van der Waals surface area contributed by atoms with E-state index in [1.165, 1.54) is 12.8 Å². The van der Waals surface area contributed by atoms with E-state index in [-0.39, 0.29) is 12.5 Å². The third-order valence-corrected chi connectivity index (χ3v) is 6.36. The largest absolute Gasteiger partial charge is 0.368 e. The summed E-state index contributed by atoms with van der Waals surface area (Å²) >= 11 is 0. The number of benzene rings is 1. The maximum Gasteiger partial charge on any atom is 0.253 e. The third kappa shape index (κ3) is 4.65. The summed E-state index contributed by atoms with van der Waals surface area (Å²) in [5.74, 6) is 0.368. The predicted molar refractivity (Wildman–Crippen MR) is 129 cm³/mol. The SMILES string of the molecule is NC(=O)CNc1nc(Nc2ccc(C(=O)N3CCNCC3)cc2)c2ncn(C3CCCC3)c2n1. The molecule has 0 radical (unpaired) electrons. The molecule has 0 atom stereocenters. The van der Waals surface area contributed by atoms with Crippen molar-refractivity contribution in [2.24, 2.45) is 5.73 Å². The zero-order valence-corrected chi connectivity index (χ0v) is 19.0. The monoisotopic (exact) mass is 463 g/mol. The van der Waals surface area contributed by atoms with E-state index in [2.05, 4.69) is 35.5 Å². The quantitative estimate of drug-likeness (QED) is 0.414. The maximum absolute atomic E-state index is 12.7. The summed E-state index contributed by atoms with van der Waals surface area (Å²) in [7, 11) is 0. The number of amides is 2. The maximum atomic E-state index is 12.7. The number of rotatable bonds is 7. The number of piperazine rings is 1.